The first kappa shape index (κ1) is 23.1. The first-order chi connectivity index (χ1) is 15.9. The Kier molecular flexibility index (Phi) is 6.86. The number of methoxy groups -OCH3 is 1. The van der Waals surface area contributed by atoms with E-state index in [0.717, 1.165) is 12.1 Å². The number of ether oxygens (including phenoxy) is 2. The van der Waals surface area contributed by atoms with Crippen LogP contribution in [-0.4, -0.2) is 25.7 Å². The minimum atomic E-state index is -0.643. The second kappa shape index (κ2) is 9.81. The summed E-state index contributed by atoms with van der Waals surface area (Å²) in [6.07, 6.45) is 0.656. The fourth-order valence-corrected chi connectivity index (χ4v) is 4.85. The molecule has 0 bridgehead atoms. The molecule has 0 saturated heterocycles. The number of benzene rings is 2. The summed E-state index contributed by atoms with van der Waals surface area (Å²) in [5.74, 6) is -1.62. The van der Waals surface area contributed by atoms with E-state index in [1.807, 2.05) is 18.2 Å². The summed E-state index contributed by atoms with van der Waals surface area (Å²) in [5.41, 5.74) is 5.25. The Balaban J connectivity index is 1.57. The Labute approximate surface area is 198 Å². The van der Waals surface area contributed by atoms with Gasteiger partial charge < -0.3 is 20.1 Å². The number of carbonyl (C=O) groups is 2. The molecule has 2 N–H and O–H groups in total. The molecule has 0 spiro atoms. The summed E-state index contributed by atoms with van der Waals surface area (Å²) in [7, 11) is 1.33. The van der Waals surface area contributed by atoms with Crippen molar-refractivity contribution in [2.75, 3.05) is 13.7 Å². The molecule has 7 heteroatoms. The van der Waals surface area contributed by atoms with Gasteiger partial charge in [-0.1, -0.05) is 48.0 Å². The highest BCUT2D eigenvalue weighted by Crippen LogP contribution is 2.40. The van der Waals surface area contributed by atoms with Gasteiger partial charge in [0.2, 0.25) is 0 Å². The van der Waals surface area contributed by atoms with Crippen LogP contribution in [0.4, 0.5) is 0 Å². The van der Waals surface area contributed by atoms with E-state index in [0.29, 0.717) is 34.0 Å². The molecule has 0 fully saturated rings. The second-order valence-electron chi connectivity index (χ2n) is 8.24. The van der Waals surface area contributed by atoms with Crippen molar-refractivity contribution >= 4 is 23.5 Å². The van der Waals surface area contributed by atoms with E-state index in [4.69, 9.17) is 21.1 Å². The summed E-state index contributed by atoms with van der Waals surface area (Å²) in [5, 5.41) is 7.13. The Morgan fingerprint density at radius 1 is 1.03 bits per heavy atom. The monoisotopic (exact) mass is 466 g/mol. The van der Waals surface area contributed by atoms with Crippen molar-refractivity contribution in [3.63, 3.8) is 0 Å². The van der Waals surface area contributed by atoms with E-state index in [1.165, 1.54) is 18.2 Å². The van der Waals surface area contributed by atoms with E-state index in [9.17, 15) is 9.59 Å². The summed E-state index contributed by atoms with van der Waals surface area (Å²) >= 11 is 6.24. The lowest BCUT2D eigenvalue weighted by molar-refractivity contribution is -0.139. The van der Waals surface area contributed by atoms with Crippen molar-refractivity contribution in [3.8, 4) is 0 Å². The highest BCUT2D eigenvalue weighted by atomic mass is 35.5. The van der Waals surface area contributed by atoms with Crippen molar-refractivity contribution in [1.29, 1.82) is 0 Å². The number of carbonyl (C=O) groups excluding carboxylic acids is 2. The van der Waals surface area contributed by atoms with Crippen molar-refractivity contribution in [3.05, 3.63) is 92.8 Å². The van der Waals surface area contributed by atoms with Gasteiger partial charge in [0.05, 0.1) is 30.8 Å². The van der Waals surface area contributed by atoms with E-state index in [-0.39, 0.29) is 12.6 Å². The molecule has 2 heterocycles. The van der Waals surface area contributed by atoms with Gasteiger partial charge in [0.1, 0.15) is 0 Å². The molecule has 0 radical (unpaired) electrons. The van der Waals surface area contributed by atoms with Gasteiger partial charge in [-0.15, -0.1) is 0 Å². The smallest absolute Gasteiger partial charge is 0.336 e. The molecule has 2 aliphatic rings. The number of rotatable bonds is 6. The van der Waals surface area contributed by atoms with Gasteiger partial charge in [-0.05, 0) is 42.7 Å². The van der Waals surface area contributed by atoms with Crippen LogP contribution in [0.25, 0.3) is 0 Å². The Morgan fingerprint density at radius 3 is 2.48 bits per heavy atom. The average Bonchev–Trinajstić information content (AvgIpc) is 3.21. The van der Waals surface area contributed by atoms with Crippen molar-refractivity contribution in [2.45, 2.75) is 38.8 Å². The van der Waals surface area contributed by atoms with E-state index < -0.39 is 17.9 Å². The number of halogens is 1. The predicted molar refractivity (Wildman–Crippen MR) is 126 cm³/mol. The minimum Gasteiger partial charge on any atom is -0.466 e. The first-order valence-electron chi connectivity index (χ1n) is 10.9. The van der Waals surface area contributed by atoms with Gasteiger partial charge in [0.25, 0.3) is 0 Å². The van der Waals surface area contributed by atoms with Gasteiger partial charge >= 0.3 is 11.9 Å². The maximum absolute atomic E-state index is 13.3. The highest BCUT2D eigenvalue weighted by molar-refractivity contribution is 6.30. The standard InChI is InChI=1S/C26H27ClN2O4/c1-15-22(25(30)32-3)24(17-8-6-9-19(27)13-17)23(16(2)29-15)26(31)33-12-11-21-20-10-5-4-7-18(20)14-28-21/h4-10,13,21,24,28-29H,11-12,14H2,1-3H3. The zero-order valence-corrected chi connectivity index (χ0v) is 19.7. The van der Waals surface area contributed by atoms with Crippen LogP contribution in [0.2, 0.25) is 5.02 Å². The number of fused-ring (bicyclic) bond motifs is 1. The molecule has 2 unspecified atom stereocenters. The Hall–Kier alpha value is -3.09. The second-order valence-corrected chi connectivity index (χ2v) is 8.68. The molecule has 2 aromatic carbocycles. The number of dihydropyridines is 1. The zero-order valence-electron chi connectivity index (χ0n) is 18.9. The predicted octanol–water partition coefficient (Wildman–Crippen LogP) is 4.53. The van der Waals surface area contributed by atoms with Gasteiger partial charge in [0.15, 0.2) is 0 Å². The molecular formula is C26H27ClN2O4. The molecule has 0 amide bonds. The zero-order chi connectivity index (χ0) is 23.5. The third kappa shape index (κ3) is 4.68. The lowest BCUT2D eigenvalue weighted by atomic mass is 9.80. The van der Waals surface area contributed by atoms with E-state index in [1.54, 1.807) is 32.0 Å². The van der Waals surface area contributed by atoms with Crippen LogP contribution in [-0.2, 0) is 25.6 Å². The van der Waals surface area contributed by atoms with Gasteiger partial charge in [-0.25, -0.2) is 9.59 Å². The summed E-state index contributed by atoms with van der Waals surface area (Å²) in [6.45, 7) is 4.66. The lowest BCUT2D eigenvalue weighted by Gasteiger charge is -2.30. The molecule has 4 rings (SSSR count). The first-order valence-corrected chi connectivity index (χ1v) is 11.3. The quantitative estimate of drug-likeness (QED) is 0.609. The van der Waals surface area contributed by atoms with Crippen molar-refractivity contribution in [1.82, 2.24) is 10.6 Å². The largest absolute Gasteiger partial charge is 0.466 e. The van der Waals surface area contributed by atoms with Gasteiger partial charge in [-0.3, -0.25) is 0 Å². The van der Waals surface area contributed by atoms with Gasteiger partial charge in [-0.2, -0.15) is 0 Å². The van der Waals surface area contributed by atoms with Crippen LogP contribution in [0.3, 0.4) is 0 Å². The van der Waals surface area contributed by atoms with Crippen LogP contribution in [0.5, 0.6) is 0 Å². The maximum Gasteiger partial charge on any atom is 0.336 e. The van der Waals surface area contributed by atoms with E-state index in [2.05, 4.69) is 22.8 Å². The summed E-state index contributed by atoms with van der Waals surface area (Å²) in [4.78, 5) is 26.0. The molecule has 0 aliphatic carbocycles. The van der Waals surface area contributed by atoms with Crippen LogP contribution < -0.4 is 10.6 Å². The fraction of sp³-hybridized carbons (Fsp3) is 0.308. The fourth-order valence-electron chi connectivity index (χ4n) is 4.65. The number of hydrogen-bond acceptors (Lipinski definition) is 6. The lowest BCUT2D eigenvalue weighted by Crippen LogP contribution is -2.32. The van der Waals surface area contributed by atoms with Crippen LogP contribution in [0, 0.1) is 0 Å². The molecule has 6 nitrogen and oxygen atoms in total. The molecule has 0 saturated carbocycles. The Morgan fingerprint density at radius 2 is 1.76 bits per heavy atom. The van der Waals surface area contributed by atoms with Crippen molar-refractivity contribution in [2.24, 2.45) is 0 Å². The third-order valence-corrected chi connectivity index (χ3v) is 6.41. The molecule has 0 aromatic heterocycles. The van der Waals surface area contributed by atoms with E-state index >= 15 is 0 Å². The molecule has 2 aliphatic heterocycles. The van der Waals surface area contributed by atoms with Crippen LogP contribution in [0.1, 0.15) is 48.9 Å². The normalized spacial score (nSPS) is 19.8. The number of allylic oxidation sites excluding steroid dienone is 2. The summed E-state index contributed by atoms with van der Waals surface area (Å²) < 4.78 is 10.8. The molecule has 172 valence electrons. The molecule has 2 atom stereocenters. The maximum atomic E-state index is 13.3. The Bertz CT molecular complexity index is 1150. The number of nitrogens with one attached hydrogen (secondary N) is 2. The number of esters is 2. The average molecular weight is 467 g/mol. The molecule has 2 aromatic rings. The SMILES string of the molecule is COC(=O)C1=C(C)NC(C)=C(C(=O)OCCC2NCc3ccccc32)C1c1cccc(Cl)c1. The number of hydrogen-bond donors (Lipinski definition) is 2. The van der Waals surface area contributed by atoms with Crippen LogP contribution >= 0.6 is 11.6 Å². The summed E-state index contributed by atoms with van der Waals surface area (Å²) in [6, 6.07) is 15.5. The van der Waals surface area contributed by atoms with Crippen LogP contribution in [0.15, 0.2) is 71.1 Å². The molecule has 33 heavy (non-hydrogen) atoms. The van der Waals surface area contributed by atoms with Crippen molar-refractivity contribution < 1.29 is 19.1 Å². The third-order valence-electron chi connectivity index (χ3n) is 6.18. The molecular weight excluding hydrogens is 440 g/mol. The highest BCUT2D eigenvalue weighted by Gasteiger charge is 2.38. The minimum absolute atomic E-state index is 0.144. The van der Waals surface area contributed by atoms with Gasteiger partial charge in [0, 0.05) is 35.4 Å². The topological polar surface area (TPSA) is 76.7 Å².